The van der Waals surface area contributed by atoms with Gasteiger partial charge in [0.1, 0.15) is 5.82 Å². The summed E-state index contributed by atoms with van der Waals surface area (Å²) in [5.41, 5.74) is 1.62. The third-order valence-corrected chi connectivity index (χ3v) is 4.46. The molecular weight excluding hydrogens is 264 g/mol. The lowest BCUT2D eigenvalue weighted by molar-refractivity contribution is 0.349. The van der Waals surface area contributed by atoms with E-state index >= 15 is 0 Å². The number of hydrogen-bond donors (Lipinski definition) is 1. The predicted molar refractivity (Wildman–Crippen MR) is 71.7 cm³/mol. The predicted octanol–water partition coefficient (Wildman–Crippen LogP) is 4.14. The number of aromatic nitrogens is 1. The summed E-state index contributed by atoms with van der Waals surface area (Å²) < 4.78 is 1.07. The topological polar surface area (TPSA) is 24.9 Å². The number of halogens is 1. The van der Waals surface area contributed by atoms with Crippen molar-refractivity contribution in [3.8, 4) is 0 Å². The van der Waals surface area contributed by atoms with Crippen molar-refractivity contribution in [3.05, 3.63) is 22.3 Å². The van der Waals surface area contributed by atoms with Gasteiger partial charge < -0.3 is 5.32 Å². The molecule has 1 saturated carbocycles. The van der Waals surface area contributed by atoms with Gasteiger partial charge in [0.2, 0.25) is 0 Å². The second-order valence-electron chi connectivity index (χ2n) is 5.40. The van der Waals surface area contributed by atoms with Gasteiger partial charge >= 0.3 is 0 Å². The fraction of sp³-hybridized carbons (Fsp3) is 0.615. The lowest BCUT2D eigenvalue weighted by Gasteiger charge is -2.28. The van der Waals surface area contributed by atoms with Gasteiger partial charge in [-0.3, -0.25) is 0 Å². The largest absolute Gasteiger partial charge is 0.367 e. The highest BCUT2D eigenvalue weighted by Gasteiger charge is 2.34. The van der Waals surface area contributed by atoms with Crippen LogP contribution in [0.4, 0.5) is 5.82 Å². The Balaban J connectivity index is 2.12. The van der Waals surface area contributed by atoms with E-state index in [1.807, 2.05) is 6.20 Å². The first kappa shape index (κ1) is 11.9. The maximum Gasteiger partial charge on any atom is 0.126 e. The van der Waals surface area contributed by atoms with Crippen molar-refractivity contribution in [2.75, 3.05) is 5.32 Å². The lowest BCUT2D eigenvalue weighted by Crippen LogP contribution is -2.31. The zero-order valence-corrected chi connectivity index (χ0v) is 11.8. The summed E-state index contributed by atoms with van der Waals surface area (Å²) in [6.07, 6.45) is 5.75. The molecule has 1 aromatic rings. The molecule has 88 valence electrons. The minimum absolute atomic E-state index is 0.392. The number of aryl methyl sites for hydroxylation is 1. The summed E-state index contributed by atoms with van der Waals surface area (Å²) >= 11 is 3.47. The molecule has 1 aliphatic carbocycles. The summed E-state index contributed by atoms with van der Waals surface area (Å²) in [6, 6.07) is 2.67. The van der Waals surface area contributed by atoms with Crippen LogP contribution < -0.4 is 5.32 Å². The first-order chi connectivity index (χ1) is 7.49. The molecule has 0 radical (unpaired) electrons. The van der Waals surface area contributed by atoms with E-state index in [1.165, 1.54) is 24.8 Å². The Bertz CT molecular complexity index is 388. The molecule has 1 aliphatic rings. The van der Waals surface area contributed by atoms with E-state index in [0.717, 1.165) is 10.3 Å². The first-order valence-corrected chi connectivity index (χ1v) is 6.67. The summed E-state index contributed by atoms with van der Waals surface area (Å²) in [4.78, 5) is 4.41. The SMILES string of the molecule is Cc1cc(NC2CCCC2(C)C)ncc1Br. The Labute approximate surface area is 106 Å². The Kier molecular flexibility index (Phi) is 3.24. The molecule has 0 aliphatic heterocycles. The molecule has 0 bridgehead atoms. The van der Waals surface area contributed by atoms with Crippen LogP contribution in [0.5, 0.6) is 0 Å². The van der Waals surface area contributed by atoms with E-state index in [-0.39, 0.29) is 0 Å². The highest BCUT2D eigenvalue weighted by molar-refractivity contribution is 9.10. The summed E-state index contributed by atoms with van der Waals surface area (Å²) in [5.74, 6) is 1.00. The molecule has 1 N–H and O–H groups in total. The number of hydrogen-bond acceptors (Lipinski definition) is 2. The highest BCUT2D eigenvalue weighted by Crippen LogP contribution is 2.38. The molecule has 0 saturated heterocycles. The quantitative estimate of drug-likeness (QED) is 0.882. The molecule has 1 heterocycles. The molecule has 1 atom stereocenters. The summed E-state index contributed by atoms with van der Waals surface area (Å²) in [6.45, 7) is 6.77. The van der Waals surface area contributed by atoms with Gasteiger partial charge in [-0.1, -0.05) is 20.3 Å². The Morgan fingerprint density at radius 3 is 2.81 bits per heavy atom. The second kappa shape index (κ2) is 4.36. The van der Waals surface area contributed by atoms with Crippen molar-refractivity contribution in [1.29, 1.82) is 0 Å². The molecule has 1 aromatic heterocycles. The van der Waals surface area contributed by atoms with Crippen LogP contribution in [0.3, 0.4) is 0 Å². The number of nitrogens with one attached hydrogen (secondary N) is 1. The van der Waals surface area contributed by atoms with Gasteiger partial charge in [-0.15, -0.1) is 0 Å². The van der Waals surface area contributed by atoms with Crippen LogP contribution >= 0.6 is 15.9 Å². The Morgan fingerprint density at radius 2 is 2.25 bits per heavy atom. The van der Waals surface area contributed by atoms with Crippen molar-refractivity contribution in [1.82, 2.24) is 4.98 Å². The summed E-state index contributed by atoms with van der Waals surface area (Å²) in [5, 5.41) is 3.57. The zero-order valence-electron chi connectivity index (χ0n) is 10.2. The molecule has 1 fully saturated rings. The fourth-order valence-corrected chi connectivity index (χ4v) is 2.61. The molecule has 0 aromatic carbocycles. The number of pyridine rings is 1. The normalized spacial score (nSPS) is 23.4. The lowest BCUT2D eigenvalue weighted by atomic mass is 9.87. The Morgan fingerprint density at radius 1 is 1.50 bits per heavy atom. The third kappa shape index (κ3) is 2.40. The molecular formula is C13H19BrN2. The van der Waals surface area contributed by atoms with E-state index in [4.69, 9.17) is 0 Å². The average molecular weight is 283 g/mol. The van der Waals surface area contributed by atoms with E-state index in [2.05, 4.69) is 53.1 Å². The van der Waals surface area contributed by atoms with Gasteiger partial charge in [-0.2, -0.15) is 0 Å². The number of anilines is 1. The van der Waals surface area contributed by atoms with Gasteiger partial charge in [0, 0.05) is 16.7 Å². The first-order valence-electron chi connectivity index (χ1n) is 5.88. The van der Waals surface area contributed by atoms with Gasteiger partial charge in [0.25, 0.3) is 0 Å². The van der Waals surface area contributed by atoms with Crippen LogP contribution in [-0.4, -0.2) is 11.0 Å². The van der Waals surface area contributed by atoms with E-state index < -0.39 is 0 Å². The average Bonchev–Trinajstić information content (AvgIpc) is 2.52. The van der Waals surface area contributed by atoms with E-state index in [0.29, 0.717) is 11.5 Å². The number of nitrogens with zero attached hydrogens (tertiary/aromatic N) is 1. The zero-order chi connectivity index (χ0) is 11.8. The van der Waals surface area contributed by atoms with Crippen LogP contribution in [0.2, 0.25) is 0 Å². The molecule has 0 spiro atoms. The maximum atomic E-state index is 4.41. The van der Waals surface area contributed by atoms with Gasteiger partial charge in [-0.05, 0) is 52.7 Å². The monoisotopic (exact) mass is 282 g/mol. The standard InChI is InChI=1S/C13H19BrN2/c1-9-7-12(15-8-10(9)14)16-11-5-4-6-13(11,2)3/h7-8,11H,4-6H2,1-3H3,(H,15,16). The van der Waals surface area contributed by atoms with Crippen LogP contribution in [0.1, 0.15) is 38.7 Å². The van der Waals surface area contributed by atoms with E-state index in [1.54, 1.807) is 0 Å². The maximum absolute atomic E-state index is 4.41. The van der Waals surface area contributed by atoms with Crippen LogP contribution in [0, 0.1) is 12.3 Å². The van der Waals surface area contributed by atoms with Crippen molar-refractivity contribution in [2.24, 2.45) is 5.41 Å². The second-order valence-corrected chi connectivity index (χ2v) is 6.25. The van der Waals surface area contributed by atoms with Crippen molar-refractivity contribution < 1.29 is 0 Å². The molecule has 2 rings (SSSR count). The van der Waals surface area contributed by atoms with Gasteiger partial charge in [0.05, 0.1) is 0 Å². The minimum atomic E-state index is 0.392. The molecule has 1 unspecified atom stereocenters. The van der Waals surface area contributed by atoms with Crippen LogP contribution in [0.15, 0.2) is 16.7 Å². The van der Waals surface area contributed by atoms with Gasteiger partial charge in [-0.25, -0.2) is 4.98 Å². The molecule has 16 heavy (non-hydrogen) atoms. The van der Waals surface area contributed by atoms with Crippen LogP contribution in [0.25, 0.3) is 0 Å². The summed E-state index contributed by atoms with van der Waals surface area (Å²) in [7, 11) is 0. The smallest absolute Gasteiger partial charge is 0.126 e. The highest BCUT2D eigenvalue weighted by atomic mass is 79.9. The van der Waals surface area contributed by atoms with E-state index in [9.17, 15) is 0 Å². The van der Waals surface area contributed by atoms with Gasteiger partial charge in [0.15, 0.2) is 0 Å². The van der Waals surface area contributed by atoms with Crippen molar-refractivity contribution in [3.63, 3.8) is 0 Å². The molecule has 2 nitrogen and oxygen atoms in total. The third-order valence-electron chi connectivity index (χ3n) is 3.63. The van der Waals surface area contributed by atoms with Crippen molar-refractivity contribution in [2.45, 2.75) is 46.1 Å². The number of rotatable bonds is 2. The molecule has 0 amide bonds. The van der Waals surface area contributed by atoms with Crippen molar-refractivity contribution >= 4 is 21.7 Å². The minimum Gasteiger partial charge on any atom is -0.367 e. The van der Waals surface area contributed by atoms with Crippen LogP contribution in [-0.2, 0) is 0 Å². The Hall–Kier alpha value is -0.570. The molecule has 3 heteroatoms. The fourth-order valence-electron chi connectivity index (χ4n) is 2.39.